The van der Waals surface area contributed by atoms with Crippen LogP contribution in [0.15, 0.2) is 0 Å². The van der Waals surface area contributed by atoms with Crippen LogP contribution in [-0.4, -0.2) is 6.61 Å². The lowest BCUT2D eigenvalue weighted by Gasteiger charge is -2.05. The third-order valence-corrected chi connectivity index (χ3v) is 7.16. The van der Waals surface area contributed by atoms with Gasteiger partial charge in [0.2, 0.25) is 0 Å². The third kappa shape index (κ3) is 32.0. The number of ether oxygens (including phenoxy) is 1. The van der Waals surface area contributed by atoms with Gasteiger partial charge in [-0.1, -0.05) is 181 Å². The summed E-state index contributed by atoms with van der Waals surface area (Å²) < 4.78 is 5.71. The molecule has 0 aromatic rings. The molecule has 0 saturated heterocycles. The zero-order chi connectivity index (χ0) is 23.9. The Balaban J connectivity index is 2.99. The highest BCUT2D eigenvalue weighted by atomic mass is 16.5. The number of unbranched alkanes of at least 4 members (excludes halogenated alkanes) is 26. The summed E-state index contributed by atoms with van der Waals surface area (Å²) >= 11 is 0. The first kappa shape index (κ1) is 33.0. The highest BCUT2D eigenvalue weighted by Crippen LogP contribution is 2.15. The van der Waals surface area contributed by atoms with E-state index in [0.717, 1.165) is 13.0 Å². The number of rotatable bonds is 30. The van der Waals surface area contributed by atoms with Gasteiger partial charge in [0.1, 0.15) is 0 Å². The molecule has 0 aromatic heterocycles. The van der Waals surface area contributed by atoms with Gasteiger partial charge in [0.15, 0.2) is 0 Å². The van der Waals surface area contributed by atoms with E-state index >= 15 is 0 Å². The average Bonchev–Trinajstić information content (AvgIpc) is 2.83. The number of hydrogen-bond donors (Lipinski definition) is 0. The maximum atomic E-state index is 5.71. The molecule has 0 saturated carbocycles. The van der Waals surface area contributed by atoms with Crippen molar-refractivity contribution in [1.82, 2.24) is 0 Å². The quantitative estimate of drug-likeness (QED) is 0.0958. The van der Waals surface area contributed by atoms with Crippen LogP contribution in [0.5, 0.6) is 0 Å². The maximum Gasteiger partial charge on any atom is 0.0836 e. The molecule has 0 atom stereocenters. The van der Waals surface area contributed by atoms with E-state index < -0.39 is 0 Å². The SMILES string of the molecule is CCCCCCCCCCCCCCCCCCC[CH]OCCCCCCCCCCCC. The molecule has 0 amide bonds. The van der Waals surface area contributed by atoms with Crippen LogP contribution in [0.25, 0.3) is 0 Å². The zero-order valence-electron chi connectivity index (χ0n) is 23.5. The first-order valence-corrected chi connectivity index (χ1v) is 15.8. The van der Waals surface area contributed by atoms with Gasteiger partial charge < -0.3 is 4.74 Å². The largest absolute Gasteiger partial charge is 0.376 e. The van der Waals surface area contributed by atoms with E-state index in [9.17, 15) is 0 Å². The summed E-state index contributed by atoms with van der Waals surface area (Å²) in [6.07, 6.45) is 39.7. The van der Waals surface area contributed by atoms with Crippen LogP contribution < -0.4 is 0 Å². The van der Waals surface area contributed by atoms with Gasteiger partial charge in [0.25, 0.3) is 0 Å². The predicted octanol–water partition coefficient (Wildman–Crippen LogP) is 12.1. The molecule has 1 heteroatoms. The van der Waals surface area contributed by atoms with Crippen molar-refractivity contribution in [2.75, 3.05) is 6.61 Å². The van der Waals surface area contributed by atoms with Crippen molar-refractivity contribution in [1.29, 1.82) is 0 Å². The molecule has 0 aliphatic heterocycles. The second-order valence-corrected chi connectivity index (χ2v) is 10.7. The fourth-order valence-electron chi connectivity index (χ4n) is 4.79. The van der Waals surface area contributed by atoms with Crippen molar-refractivity contribution in [2.24, 2.45) is 0 Å². The van der Waals surface area contributed by atoms with Crippen molar-refractivity contribution in [3.05, 3.63) is 6.61 Å². The Morgan fingerprint density at radius 2 is 0.606 bits per heavy atom. The Labute approximate surface area is 211 Å². The first-order valence-electron chi connectivity index (χ1n) is 15.8. The molecule has 1 radical (unpaired) electrons. The fourth-order valence-corrected chi connectivity index (χ4v) is 4.79. The summed E-state index contributed by atoms with van der Waals surface area (Å²) in [5.74, 6) is 0. The molecule has 0 bridgehead atoms. The van der Waals surface area contributed by atoms with Crippen LogP contribution in [0.4, 0.5) is 0 Å². The Bertz CT molecular complexity index is 284. The predicted molar refractivity (Wildman–Crippen MR) is 151 cm³/mol. The summed E-state index contributed by atoms with van der Waals surface area (Å²) in [4.78, 5) is 0. The lowest BCUT2D eigenvalue weighted by atomic mass is 10.0. The van der Waals surface area contributed by atoms with Gasteiger partial charge in [0, 0.05) is 6.61 Å². The van der Waals surface area contributed by atoms with Gasteiger partial charge in [-0.25, -0.2) is 0 Å². The smallest absolute Gasteiger partial charge is 0.0836 e. The van der Waals surface area contributed by atoms with Crippen LogP contribution in [0, 0.1) is 6.61 Å². The van der Waals surface area contributed by atoms with Crippen molar-refractivity contribution in [2.45, 2.75) is 194 Å². The van der Waals surface area contributed by atoms with Gasteiger partial charge in [-0.3, -0.25) is 0 Å². The van der Waals surface area contributed by atoms with E-state index in [1.54, 1.807) is 0 Å². The molecule has 0 spiro atoms. The van der Waals surface area contributed by atoms with Crippen LogP contribution in [0.1, 0.15) is 194 Å². The molecule has 0 fully saturated rings. The summed E-state index contributed by atoms with van der Waals surface area (Å²) in [6, 6.07) is 0. The first-order chi connectivity index (χ1) is 16.4. The lowest BCUT2D eigenvalue weighted by molar-refractivity contribution is 0.183. The lowest BCUT2D eigenvalue weighted by Crippen LogP contribution is -1.92. The Morgan fingerprint density at radius 1 is 0.333 bits per heavy atom. The second kappa shape index (κ2) is 32.0. The van der Waals surface area contributed by atoms with Crippen LogP contribution in [0.2, 0.25) is 0 Å². The normalized spacial score (nSPS) is 11.5. The minimum Gasteiger partial charge on any atom is -0.376 e. The van der Waals surface area contributed by atoms with E-state index in [2.05, 4.69) is 20.5 Å². The molecular weight excluding hydrogens is 400 g/mol. The van der Waals surface area contributed by atoms with Crippen molar-refractivity contribution < 1.29 is 4.74 Å². The molecule has 0 N–H and O–H groups in total. The monoisotopic (exact) mass is 466 g/mol. The average molecular weight is 466 g/mol. The topological polar surface area (TPSA) is 9.23 Å². The Morgan fingerprint density at radius 3 is 0.939 bits per heavy atom. The van der Waals surface area contributed by atoms with Gasteiger partial charge in [-0.2, -0.15) is 0 Å². The minimum absolute atomic E-state index is 0.940. The second-order valence-electron chi connectivity index (χ2n) is 10.7. The Kier molecular flexibility index (Phi) is 31.9. The van der Waals surface area contributed by atoms with Crippen molar-refractivity contribution in [3.8, 4) is 0 Å². The molecule has 0 aromatic carbocycles. The van der Waals surface area contributed by atoms with Gasteiger partial charge >= 0.3 is 0 Å². The van der Waals surface area contributed by atoms with Crippen molar-refractivity contribution in [3.63, 3.8) is 0 Å². The molecule has 0 rings (SSSR count). The summed E-state index contributed by atoms with van der Waals surface area (Å²) in [7, 11) is 0. The standard InChI is InChI=1S/C32H65O/c1-3-5-7-9-11-13-15-16-17-18-19-20-21-22-24-26-28-30-32-33-31-29-27-25-23-14-12-10-8-6-4-2/h32H,3-31H2,1-2H3. The highest BCUT2D eigenvalue weighted by molar-refractivity contribution is 4.54. The van der Waals surface area contributed by atoms with Crippen LogP contribution in [-0.2, 0) is 4.74 Å². The Hall–Kier alpha value is -0.0400. The molecule has 0 unspecified atom stereocenters. The van der Waals surface area contributed by atoms with E-state index in [0.29, 0.717) is 0 Å². The zero-order valence-corrected chi connectivity index (χ0v) is 23.5. The molecule has 0 aliphatic rings. The van der Waals surface area contributed by atoms with Gasteiger partial charge in [-0.15, -0.1) is 0 Å². The summed E-state index contributed by atoms with van der Waals surface area (Å²) in [5, 5.41) is 0. The van der Waals surface area contributed by atoms with Crippen molar-refractivity contribution >= 4 is 0 Å². The summed E-state index contributed by atoms with van der Waals surface area (Å²) in [6.45, 7) is 7.62. The fraction of sp³-hybridized carbons (Fsp3) is 0.969. The summed E-state index contributed by atoms with van der Waals surface area (Å²) in [5.41, 5.74) is 0. The maximum absolute atomic E-state index is 5.71. The highest BCUT2D eigenvalue weighted by Gasteiger charge is 1.96. The van der Waals surface area contributed by atoms with E-state index in [1.165, 1.54) is 173 Å². The molecule has 0 heterocycles. The minimum atomic E-state index is 0.940. The van der Waals surface area contributed by atoms with Gasteiger partial charge in [-0.05, 0) is 12.8 Å². The van der Waals surface area contributed by atoms with E-state index in [-0.39, 0.29) is 0 Å². The molecule has 1 nitrogen and oxygen atoms in total. The van der Waals surface area contributed by atoms with Crippen LogP contribution in [0.3, 0.4) is 0 Å². The van der Waals surface area contributed by atoms with E-state index in [4.69, 9.17) is 4.74 Å². The van der Waals surface area contributed by atoms with Gasteiger partial charge in [0.05, 0.1) is 6.61 Å². The number of hydrogen-bond acceptors (Lipinski definition) is 1. The molecule has 0 aliphatic carbocycles. The molecule has 33 heavy (non-hydrogen) atoms. The molecule has 199 valence electrons. The van der Waals surface area contributed by atoms with E-state index in [1.807, 2.05) is 0 Å². The third-order valence-electron chi connectivity index (χ3n) is 7.16. The van der Waals surface area contributed by atoms with Crippen LogP contribution >= 0.6 is 0 Å². The molecular formula is C32H65O.